The first kappa shape index (κ1) is 21.3. The molecule has 6 heteroatoms. The van der Waals surface area contributed by atoms with E-state index < -0.39 is 11.0 Å². The highest BCUT2D eigenvalue weighted by Crippen LogP contribution is 2.55. The third-order valence-corrected chi connectivity index (χ3v) is 7.66. The maximum atomic E-state index is 13.1. The number of aliphatic hydroxyl groups excluding tert-OH is 2. The van der Waals surface area contributed by atoms with Gasteiger partial charge in [-0.1, -0.05) is 42.5 Å². The molecule has 2 saturated heterocycles. The van der Waals surface area contributed by atoms with Crippen LogP contribution in [0.3, 0.4) is 0 Å². The van der Waals surface area contributed by atoms with Crippen molar-refractivity contribution in [3.8, 4) is 0 Å². The van der Waals surface area contributed by atoms with Gasteiger partial charge >= 0.3 is 0 Å². The molecule has 2 N–H and O–H groups in total. The van der Waals surface area contributed by atoms with Gasteiger partial charge in [0.2, 0.25) is 5.91 Å². The smallest absolute Gasteiger partial charge is 0.240 e. The maximum Gasteiger partial charge on any atom is 0.240 e. The standard InChI is InChI=1S/C24H28N2O3.ClH/c27-16-23(17-28)22(29)26(20-8-2-1-3-9-20)24(23)10-12-25(13-11-24)21-14-18-6-4-5-7-19(18)15-21;/h1-9,21,27-28H,10-17H2;1H. The normalized spacial score (nSPS) is 22.5. The van der Waals surface area contributed by atoms with Gasteiger partial charge < -0.3 is 15.1 Å². The van der Waals surface area contributed by atoms with Gasteiger partial charge in [0.25, 0.3) is 0 Å². The first-order valence-electron chi connectivity index (χ1n) is 10.6. The maximum absolute atomic E-state index is 13.1. The van der Waals surface area contributed by atoms with Gasteiger partial charge in [-0.25, -0.2) is 0 Å². The van der Waals surface area contributed by atoms with Crippen molar-refractivity contribution in [2.75, 3.05) is 31.2 Å². The van der Waals surface area contributed by atoms with E-state index in [-0.39, 0.29) is 31.5 Å². The second kappa shape index (κ2) is 7.97. The summed E-state index contributed by atoms with van der Waals surface area (Å²) >= 11 is 0. The fourth-order valence-corrected chi connectivity index (χ4v) is 5.94. The van der Waals surface area contributed by atoms with Crippen LogP contribution in [0.15, 0.2) is 54.6 Å². The van der Waals surface area contributed by atoms with E-state index in [1.807, 2.05) is 35.2 Å². The molecule has 0 aromatic heterocycles. The highest BCUT2D eigenvalue weighted by atomic mass is 35.5. The minimum atomic E-state index is -1.08. The minimum Gasteiger partial charge on any atom is -0.395 e. The van der Waals surface area contributed by atoms with E-state index in [1.54, 1.807) is 0 Å². The van der Waals surface area contributed by atoms with Crippen molar-refractivity contribution in [3.63, 3.8) is 0 Å². The summed E-state index contributed by atoms with van der Waals surface area (Å²) < 4.78 is 0. The number of para-hydroxylation sites is 1. The number of piperidine rings is 1. The quantitative estimate of drug-likeness (QED) is 0.734. The summed E-state index contributed by atoms with van der Waals surface area (Å²) in [6, 6.07) is 18.9. The van der Waals surface area contributed by atoms with Crippen LogP contribution in [0.2, 0.25) is 0 Å². The second-order valence-corrected chi connectivity index (χ2v) is 8.77. The van der Waals surface area contributed by atoms with Crippen molar-refractivity contribution >= 4 is 24.0 Å². The molecule has 2 fully saturated rings. The van der Waals surface area contributed by atoms with Crippen molar-refractivity contribution in [3.05, 3.63) is 65.7 Å². The van der Waals surface area contributed by atoms with Crippen LogP contribution in [0, 0.1) is 5.41 Å². The highest BCUT2D eigenvalue weighted by molar-refractivity contribution is 6.08. The lowest BCUT2D eigenvalue weighted by Gasteiger charge is -2.66. The molecule has 0 saturated carbocycles. The molecule has 2 aliphatic heterocycles. The fourth-order valence-electron chi connectivity index (χ4n) is 5.94. The monoisotopic (exact) mass is 428 g/mol. The predicted octanol–water partition coefficient (Wildman–Crippen LogP) is 2.43. The lowest BCUT2D eigenvalue weighted by molar-refractivity contribution is -0.164. The number of nitrogens with zero attached hydrogens (tertiary/aromatic N) is 2. The van der Waals surface area contributed by atoms with Gasteiger partial charge in [-0.05, 0) is 48.9 Å². The average Bonchev–Trinajstić information content (AvgIpc) is 3.20. The third kappa shape index (κ3) is 2.83. The number of likely N-dealkylation sites (tertiary alicyclic amines) is 1. The Morgan fingerprint density at radius 2 is 1.40 bits per heavy atom. The molecule has 1 spiro atoms. The Bertz CT molecular complexity index is 883. The van der Waals surface area contributed by atoms with Crippen LogP contribution < -0.4 is 4.90 Å². The number of hydrogen-bond acceptors (Lipinski definition) is 4. The zero-order valence-corrected chi connectivity index (χ0v) is 17.9. The average molecular weight is 429 g/mol. The van der Waals surface area contributed by atoms with Crippen LogP contribution in [-0.2, 0) is 17.6 Å². The summed E-state index contributed by atoms with van der Waals surface area (Å²) in [6.07, 6.45) is 3.69. The van der Waals surface area contributed by atoms with E-state index in [0.717, 1.165) is 44.5 Å². The summed E-state index contributed by atoms with van der Waals surface area (Å²) in [5, 5.41) is 20.3. The number of carbonyl (C=O) groups is 1. The van der Waals surface area contributed by atoms with Gasteiger partial charge in [0, 0.05) is 24.8 Å². The van der Waals surface area contributed by atoms with Crippen molar-refractivity contribution in [1.29, 1.82) is 0 Å². The SMILES string of the molecule is Cl.O=C1N(c2ccccc2)C2(CCN(C3Cc4ccccc4C3)CC2)C1(CO)CO. The lowest BCUT2D eigenvalue weighted by Crippen LogP contribution is -2.83. The van der Waals surface area contributed by atoms with E-state index in [4.69, 9.17) is 0 Å². The molecule has 2 heterocycles. The molecule has 5 rings (SSSR count). The van der Waals surface area contributed by atoms with Crippen LogP contribution >= 0.6 is 12.4 Å². The Hall–Kier alpha value is -1.92. The van der Waals surface area contributed by atoms with E-state index in [1.165, 1.54) is 11.1 Å². The summed E-state index contributed by atoms with van der Waals surface area (Å²) in [7, 11) is 0. The summed E-state index contributed by atoms with van der Waals surface area (Å²) in [5.74, 6) is -0.157. The molecule has 1 amide bonds. The molecule has 0 radical (unpaired) electrons. The zero-order chi connectivity index (χ0) is 20.1. The van der Waals surface area contributed by atoms with Gasteiger partial charge in [-0.15, -0.1) is 12.4 Å². The van der Waals surface area contributed by atoms with Crippen molar-refractivity contribution in [1.82, 2.24) is 4.90 Å². The molecule has 0 unspecified atom stereocenters. The first-order valence-corrected chi connectivity index (χ1v) is 10.6. The number of hydrogen-bond donors (Lipinski definition) is 2. The Balaban J connectivity index is 0.00000218. The van der Waals surface area contributed by atoms with Gasteiger partial charge in [-0.2, -0.15) is 0 Å². The van der Waals surface area contributed by atoms with Crippen molar-refractivity contribution < 1.29 is 15.0 Å². The predicted molar refractivity (Wildman–Crippen MR) is 119 cm³/mol. The molecular weight excluding hydrogens is 400 g/mol. The first-order chi connectivity index (χ1) is 14.1. The van der Waals surface area contributed by atoms with Crippen LogP contribution in [0.4, 0.5) is 5.69 Å². The lowest BCUT2D eigenvalue weighted by atomic mass is 9.56. The van der Waals surface area contributed by atoms with Gasteiger partial charge in [-0.3, -0.25) is 9.69 Å². The van der Waals surface area contributed by atoms with Gasteiger partial charge in [0.05, 0.1) is 18.8 Å². The number of benzene rings is 2. The molecule has 0 bridgehead atoms. The molecular formula is C24H29ClN2O3. The van der Waals surface area contributed by atoms with Crippen LogP contribution in [0.1, 0.15) is 24.0 Å². The van der Waals surface area contributed by atoms with Crippen molar-refractivity contribution in [2.24, 2.45) is 5.41 Å². The molecule has 3 aliphatic rings. The summed E-state index contributed by atoms with van der Waals surface area (Å²) in [4.78, 5) is 17.5. The van der Waals surface area contributed by atoms with Gasteiger partial charge in [0.1, 0.15) is 5.41 Å². The number of rotatable bonds is 4. The number of halogens is 1. The Kier molecular flexibility index (Phi) is 5.66. The molecule has 0 atom stereocenters. The Morgan fingerprint density at radius 1 is 0.867 bits per heavy atom. The molecule has 1 aliphatic carbocycles. The number of aliphatic hydroxyl groups is 2. The van der Waals surface area contributed by atoms with Crippen molar-refractivity contribution in [2.45, 2.75) is 37.3 Å². The number of amides is 1. The summed E-state index contributed by atoms with van der Waals surface area (Å²) in [6.45, 7) is 1.13. The van der Waals surface area contributed by atoms with E-state index in [9.17, 15) is 15.0 Å². The van der Waals surface area contributed by atoms with Crippen LogP contribution in [-0.4, -0.2) is 58.9 Å². The minimum absolute atomic E-state index is 0. The van der Waals surface area contributed by atoms with E-state index in [0.29, 0.717) is 6.04 Å². The molecule has 5 nitrogen and oxygen atoms in total. The van der Waals surface area contributed by atoms with E-state index >= 15 is 0 Å². The molecule has 160 valence electrons. The third-order valence-electron chi connectivity index (χ3n) is 7.66. The molecule has 2 aromatic rings. The molecule has 30 heavy (non-hydrogen) atoms. The number of fused-ring (bicyclic) bond motifs is 1. The fraction of sp³-hybridized carbons (Fsp3) is 0.458. The Morgan fingerprint density at radius 3 is 1.93 bits per heavy atom. The number of β-lactam (4-membered cyclic amide) rings is 1. The van der Waals surface area contributed by atoms with Gasteiger partial charge in [0.15, 0.2) is 0 Å². The number of carbonyl (C=O) groups excluding carboxylic acids is 1. The zero-order valence-electron chi connectivity index (χ0n) is 17.0. The Labute approximate surface area is 183 Å². The molecule has 2 aromatic carbocycles. The number of anilines is 1. The summed E-state index contributed by atoms with van der Waals surface area (Å²) in [5.41, 5.74) is 2.16. The van der Waals surface area contributed by atoms with Crippen LogP contribution in [0.25, 0.3) is 0 Å². The highest BCUT2D eigenvalue weighted by Gasteiger charge is 2.71. The largest absolute Gasteiger partial charge is 0.395 e. The second-order valence-electron chi connectivity index (χ2n) is 8.77. The van der Waals surface area contributed by atoms with Crippen LogP contribution in [0.5, 0.6) is 0 Å². The van der Waals surface area contributed by atoms with E-state index in [2.05, 4.69) is 29.2 Å². The topological polar surface area (TPSA) is 64.0 Å².